The molecule has 0 radical (unpaired) electrons. The molecule has 3 aromatic rings. The van der Waals surface area contributed by atoms with Crippen LogP contribution in [0.3, 0.4) is 0 Å². The molecule has 112 valence electrons. The molecule has 0 aliphatic heterocycles. The molecule has 0 saturated heterocycles. The van der Waals surface area contributed by atoms with Gasteiger partial charge in [-0.2, -0.15) is 0 Å². The summed E-state index contributed by atoms with van der Waals surface area (Å²) in [6, 6.07) is 7.56. The van der Waals surface area contributed by atoms with Crippen molar-refractivity contribution in [3.05, 3.63) is 63.8 Å². The maximum absolute atomic E-state index is 12.8. The fourth-order valence-corrected chi connectivity index (χ4v) is 2.74. The van der Waals surface area contributed by atoms with Gasteiger partial charge in [0.1, 0.15) is 17.2 Å². The molecule has 2 aromatic heterocycles. The highest BCUT2D eigenvalue weighted by Gasteiger charge is 2.08. The zero-order chi connectivity index (χ0) is 15.5. The molecule has 1 N–H and O–H groups in total. The quantitative estimate of drug-likeness (QED) is 0.799. The van der Waals surface area contributed by atoms with Gasteiger partial charge < -0.3 is 5.32 Å². The lowest BCUT2D eigenvalue weighted by molar-refractivity contribution is -0.121. The standard InChI is InChI=1S/C15H12FN3O2S/c16-11-3-1-10(2-4-11)7-17-13(20)8-19-9-18-14-12(15(19)21)5-6-22-14/h1-6,9H,7-8H2,(H,17,20). The van der Waals surface area contributed by atoms with Crippen LogP contribution in [0, 0.1) is 5.82 Å². The van der Waals surface area contributed by atoms with E-state index in [1.807, 2.05) is 0 Å². The van der Waals surface area contributed by atoms with Gasteiger partial charge in [-0.3, -0.25) is 14.2 Å². The van der Waals surface area contributed by atoms with Gasteiger partial charge in [0.2, 0.25) is 5.91 Å². The monoisotopic (exact) mass is 317 g/mol. The van der Waals surface area contributed by atoms with Crippen LogP contribution >= 0.6 is 11.3 Å². The number of hydrogen-bond acceptors (Lipinski definition) is 4. The van der Waals surface area contributed by atoms with Gasteiger partial charge in [0.25, 0.3) is 5.56 Å². The lowest BCUT2D eigenvalue weighted by Gasteiger charge is -2.07. The van der Waals surface area contributed by atoms with E-state index < -0.39 is 0 Å². The summed E-state index contributed by atoms with van der Waals surface area (Å²) in [5, 5.41) is 4.99. The Balaban J connectivity index is 1.66. The highest BCUT2D eigenvalue weighted by molar-refractivity contribution is 7.16. The molecule has 0 aliphatic rings. The number of benzene rings is 1. The summed E-state index contributed by atoms with van der Waals surface area (Å²) in [4.78, 5) is 28.9. The largest absolute Gasteiger partial charge is 0.350 e. The van der Waals surface area contributed by atoms with Gasteiger partial charge in [-0.1, -0.05) is 12.1 Å². The van der Waals surface area contributed by atoms with Crippen LogP contribution < -0.4 is 10.9 Å². The summed E-state index contributed by atoms with van der Waals surface area (Å²) in [5.41, 5.74) is 0.552. The Labute approximate surface area is 129 Å². The van der Waals surface area contributed by atoms with Crippen LogP contribution in [0.15, 0.2) is 46.8 Å². The number of nitrogens with zero attached hydrogens (tertiary/aromatic N) is 2. The average molecular weight is 317 g/mol. The molecule has 0 bridgehead atoms. The smallest absolute Gasteiger partial charge is 0.262 e. The molecule has 1 aromatic carbocycles. The first-order chi connectivity index (χ1) is 10.6. The second-order valence-electron chi connectivity index (χ2n) is 4.72. The molecular weight excluding hydrogens is 305 g/mol. The van der Waals surface area contributed by atoms with Crippen molar-refractivity contribution in [1.29, 1.82) is 0 Å². The van der Waals surface area contributed by atoms with Gasteiger partial charge in [0, 0.05) is 6.54 Å². The number of amides is 1. The molecule has 22 heavy (non-hydrogen) atoms. The zero-order valence-electron chi connectivity index (χ0n) is 11.5. The second kappa shape index (κ2) is 6.07. The van der Waals surface area contributed by atoms with Crippen molar-refractivity contribution in [2.45, 2.75) is 13.1 Å². The molecular formula is C15H12FN3O2S. The van der Waals surface area contributed by atoms with Crippen LogP contribution in [-0.2, 0) is 17.9 Å². The molecule has 0 aliphatic carbocycles. The van der Waals surface area contributed by atoms with E-state index in [1.54, 1.807) is 23.6 Å². The van der Waals surface area contributed by atoms with E-state index in [1.165, 1.54) is 34.4 Å². The lowest BCUT2D eigenvalue weighted by Crippen LogP contribution is -2.32. The SMILES string of the molecule is O=C(Cn1cnc2sccc2c1=O)NCc1ccc(F)cc1. The molecule has 0 saturated carbocycles. The molecule has 0 unspecified atom stereocenters. The van der Waals surface area contributed by atoms with Crippen LogP contribution in [0.4, 0.5) is 4.39 Å². The number of fused-ring (bicyclic) bond motifs is 1. The van der Waals surface area contributed by atoms with E-state index in [-0.39, 0.29) is 30.4 Å². The molecule has 2 heterocycles. The highest BCUT2D eigenvalue weighted by Crippen LogP contribution is 2.13. The minimum absolute atomic E-state index is 0.0984. The van der Waals surface area contributed by atoms with E-state index in [4.69, 9.17) is 0 Å². The molecule has 0 atom stereocenters. The van der Waals surface area contributed by atoms with Gasteiger partial charge in [-0.05, 0) is 29.1 Å². The van der Waals surface area contributed by atoms with E-state index in [9.17, 15) is 14.0 Å². The summed E-state index contributed by atoms with van der Waals surface area (Å²) in [6.45, 7) is 0.181. The predicted molar refractivity (Wildman–Crippen MR) is 82.1 cm³/mol. The molecule has 7 heteroatoms. The summed E-state index contributed by atoms with van der Waals surface area (Å²) >= 11 is 1.38. The van der Waals surface area contributed by atoms with E-state index >= 15 is 0 Å². The Morgan fingerprint density at radius 3 is 2.82 bits per heavy atom. The topological polar surface area (TPSA) is 64.0 Å². The summed E-state index contributed by atoms with van der Waals surface area (Å²) < 4.78 is 14.1. The molecule has 5 nitrogen and oxygen atoms in total. The Bertz CT molecular complexity index is 870. The number of halogens is 1. The van der Waals surface area contributed by atoms with Crippen molar-refractivity contribution >= 4 is 27.5 Å². The Morgan fingerprint density at radius 1 is 1.27 bits per heavy atom. The van der Waals surface area contributed by atoms with Crippen molar-refractivity contribution in [3.63, 3.8) is 0 Å². The van der Waals surface area contributed by atoms with E-state index in [2.05, 4.69) is 10.3 Å². The van der Waals surface area contributed by atoms with Gasteiger partial charge in [-0.25, -0.2) is 9.37 Å². The van der Waals surface area contributed by atoms with Crippen molar-refractivity contribution < 1.29 is 9.18 Å². The maximum Gasteiger partial charge on any atom is 0.262 e. The number of carbonyl (C=O) groups is 1. The van der Waals surface area contributed by atoms with Crippen molar-refractivity contribution in [3.8, 4) is 0 Å². The van der Waals surface area contributed by atoms with Crippen LogP contribution in [0.5, 0.6) is 0 Å². The van der Waals surface area contributed by atoms with Crippen molar-refractivity contribution in [2.24, 2.45) is 0 Å². The third-order valence-corrected chi connectivity index (χ3v) is 3.99. The fraction of sp³-hybridized carbons (Fsp3) is 0.133. The third-order valence-electron chi connectivity index (χ3n) is 3.17. The summed E-state index contributed by atoms with van der Waals surface area (Å²) in [5.74, 6) is -0.625. The van der Waals surface area contributed by atoms with Crippen LogP contribution in [0.2, 0.25) is 0 Å². The van der Waals surface area contributed by atoms with E-state index in [0.29, 0.717) is 10.2 Å². The maximum atomic E-state index is 12.8. The second-order valence-corrected chi connectivity index (χ2v) is 5.61. The van der Waals surface area contributed by atoms with Gasteiger partial charge in [0.15, 0.2) is 0 Å². The van der Waals surface area contributed by atoms with Crippen LogP contribution in [0.1, 0.15) is 5.56 Å². The number of hydrogen-bond donors (Lipinski definition) is 1. The predicted octanol–water partition coefficient (Wildman–Crippen LogP) is 1.91. The molecule has 0 fully saturated rings. The Morgan fingerprint density at radius 2 is 2.05 bits per heavy atom. The Hall–Kier alpha value is -2.54. The number of rotatable bonds is 4. The summed E-state index contributed by atoms with van der Waals surface area (Å²) in [6.07, 6.45) is 1.37. The van der Waals surface area contributed by atoms with Gasteiger partial charge >= 0.3 is 0 Å². The number of nitrogens with one attached hydrogen (secondary N) is 1. The molecule has 0 spiro atoms. The lowest BCUT2D eigenvalue weighted by atomic mass is 10.2. The highest BCUT2D eigenvalue weighted by atomic mass is 32.1. The fourth-order valence-electron chi connectivity index (χ4n) is 2.02. The van der Waals surface area contributed by atoms with Crippen LogP contribution in [0.25, 0.3) is 10.2 Å². The van der Waals surface area contributed by atoms with Gasteiger partial charge in [-0.15, -0.1) is 11.3 Å². The summed E-state index contributed by atoms with van der Waals surface area (Å²) in [7, 11) is 0. The van der Waals surface area contributed by atoms with Crippen molar-refractivity contribution in [2.75, 3.05) is 0 Å². The number of aromatic nitrogens is 2. The minimum Gasteiger partial charge on any atom is -0.350 e. The number of carbonyl (C=O) groups excluding carboxylic acids is 1. The minimum atomic E-state index is -0.322. The molecule has 3 rings (SSSR count). The normalized spacial score (nSPS) is 10.8. The zero-order valence-corrected chi connectivity index (χ0v) is 12.3. The molecule has 1 amide bonds. The average Bonchev–Trinajstić information content (AvgIpc) is 2.99. The first-order valence-electron chi connectivity index (χ1n) is 6.57. The Kier molecular flexibility index (Phi) is 3.97. The van der Waals surface area contributed by atoms with Crippen molar-refractivity contribution in [1.82, 2.24) is 14.9 Å². The third kappa shape index (κ3) is 3.04. The first kappa shape index (κ1) is 14.4. The first-order valence-corrected chi connectivity index (χ1v) is 7.45. The number of thiophene rings is 1. The van der Waals surface area contributed by atoms with E-state index in [0.717, 1.165) is 5.56 Å². The van der Waals surface area contributed by atoms with Gasteiger partial charge in [0.05, 0.1) is 11.7 Å². The van der Waals surface area contributed by atoms with Crippen LogP contribution in [-0.4, -0.2) is 15.5 Å².